The first-order valence-electron chi connectivity index (χ1n) is 7.41. The van der Waals surface area contributed by atoms with E-state index in [1.54, 1.807) is 7.11 Å². The molecular formula is C14H17FN4O4S3. The summed E-state index contributed by atoms with van der Waals surface area (Å²) in [6.45, 7) is 0.486. The molecule has 1 aromatic carbocycles. The number of sulfonamides is 1. The highest BCUT2D eigenvalue weighted by atomic mass is 32.2. The number of hydrogen-bond donors (Lipinski definition) is 2. The largest absolute Gasteiger partial charge is 0.384 e. The molecule has 0 fully saturated rings. The molecular weight excluding hydrogens is 403 g/mol. The van der Waals surface area contributed by atoms with Gasteiger partial charge < -0.3 is 10.1 Å². The van der Waals surface area contributed by atoms with Crippen molar-refractivity contribution in [1.82, 2.24) is 14.9 Å². The van der Waals surface area contributed by atoms with Crippen LogP contribution in [0.3, 0.4) is 0 Å². The number of benzene rings is 1. The third-order valence-corrected chi connectivity index (χ3v) is 6.35. The molecule has 0 aliphatic carbocycles. The van der Waals surface area contributed by atoms with Crippen LogP contribution in [0.4, 0.5) is 9.52 Å². The van der Waals surface area contributed by atoms with Crippen molar-refractivity contribution in [2.75, 3.05) is 31.3 Å². The maximum absolute atomic E-state index is 12.8. The van der Waals surface area contributed by atoms with Crippen LogP contribution in [-0.4, -0.2) is 50.5 Å². The zero-order valence-corrected chi connectivity index (χ0v) is 16.2. The molecule has 0 bridgehead atoms. The molecule has 0 aliphatic heterocycles. The summed E-state index contributed by atoms with van der Waals surface area (Å²) in [4.78, 5) is 11.8. The van der Waals surface area contributed by atoms with Gasteiger partial charge in [0.15, 0.2) is 4.34 Å². The molecule has 0 spiro atoms. The lowest BCUT2D eigenvalue weighted by Gasteiger charge is -2.06. The van der Waals surface area contributed by atoms with Gasteiger partial charge in [0, 0.05) is 25.8 Å². The Bertz CT molecular complexity index is 827. The van der Waals surface area contributed by atoms with Crippen LogP contribution in [-0.2, 0) is 19.6 Å². The molecule has 2 N–H and O–H groups in total. The number of carbonyl (C=O) groups excluding carboxylic acids is 1. The Morgan fingerprint density at radius 1 is 1.31 bits per heavy atom. The van der Waals surface area contributed by atoms with E-state index in [1.807, 2.05) is 0 Å². The Morgan fingerprint density at radius 2 is 2.04 bits per heavy atom. The lowest BCUT2D eigenvalue weighted by molar-refractivity contribution is -0.116. The number of nitrogens with one attached hydrogen (secondary N) is 2. The highest BCUT2D eigenvalue weighted by molar-refractivity contribution is 8.01. The fraction of sp³-hybridized carbons (Fsp3) is 0.357. The van der Waals surface area contributed by atoms with E-state index in [1.165, 1.54) is 23.1 Å². The highest BCUT2D eigenvalue weighted by Gasteiger charge is 2.15. The number of hydrogen-bond acceptors (Lipinski definition) is 8. The van der Waals surface area contributed by atoms with Gasteiger partial charge in [0.2, 0.25) is 21.1 Å². The number of thioether (sulfide) groups is 1. The Kier molecular flexibility index (Phi) is 7.90. The van der Waals surface area contributed by atoms with Gasteiger partial charge in [-0.1, -0.05) is 23.1 Å². The fourth-order valence-corrected chi connectivity index (χ4v) is 4.48. The number of halogens is 1. The van der Waals surface area contributed by atoms with Crippen molar-refractivity contribution >= 4 is 44.2 Å². The van der Waals surface area contributed by atoms with Crippen molar-refractivity contribution < 1.29 is 22.3 Å². The molecule has 26 heavy (non-hydrogen) atoms. The van der Waals surface area contributed by atoms with E-state index in [0.29, 0.717) is 16.1 Å². The van der Waals surface area contributed by atoms with E-state index >= 15 is 0 Å². The van der Waals surface area contributed by atoms with Crippen LogP contribution in [0.5, 0.6) is 0 Å². The molecule has 1 aromatic heterocycles. The summed E-state index contributed by atoms with van der Waals surface area (Å²) in [5.74, 6) is -0.193. The molecule has 8 nitrogen and oxygen atoms in total. The third-order valence-electron chi connectivity index (χ3n) is 2.93. The zero-order chi connectivity index (χ0) is 19.0. The number of aromatic nitrogens is 2. The smallest absolute Gasteiger partial charge is 0.240 e. The first kappa shape index (κ1) is 20.7. The molecule has 2 rings (SSSR count). The van der Waals surface area contributed by atoms with Crippen molar-refractivity contribution in [3.63, 3.8) is 0 Å². The minimum absolute atomic E-state index is 0.0684. The van der Waals surface area contributed by atoms with Crippen LogP contribution >= 0.6 is 23.1 Å². The lowest BCUT2D eigenvalue weighted by Crippen LogP contribution is -2.27. The zero-order valence-electron chi connectivity index (χ0n) is 13.8. The third kappa shape index (κ3) is 6.61. The molecule has 0 saturated carbocycles. The molecule has 142 valence electrons. The van der Waals surface area contributed by atoms with Crippen molar-refractivity contribution in [3.05, 3.63) is 30.1 Å². The summed E-state index contributed by atoms with van der Waals surface area (Å²) >= 11 is 2.69. The first-order valence-corrected chi connectivity index (χ1v) is 10.7. The topological polar surface area (TPSA) is 110 Å². The van der Waals surface area contributed by atoms with Gasteiger partial charge in [-0.2, -0.15) is 0 Å². The summed E-state index contributed by atoms with van der Waals surface area (Å²) in [6.07, 6.45) is -0.0772. The van der Waals surface area contributed by atoms with Crippen molar-refractivity contribution in [2.45, 2.75) is 15.7 Å². The van der Waals surface area contributed by atoms with Crippen molar-refractivity contribution in [2.24, 2.45) is 0 Å². The molecule has 0 unspecified atom stereocenters. The molecule has 0 saturated heterocycles. The van der Waals surface area contributed by atoms with Gasteiger partial charge >= 0.3 is 0 Å². The second kappa shape index (κ2) is 9.92. The summed E-state index contributed by atoms with van der Waals surface area (Å²) in [6, 6.07) is 4.42. The molecule has 0 atom stereocenters. The Hall–Kier alpha value is -1.60. The van der Waals surface area contributed by atoms with Crippen molar-refractivity contribution in [3.8, 4) is 0 Å². The monoisotopic (exact) mass is 420 g/mol. The minimum Gasteiger partial charge on any atom is -0.384 e. The predicted octanol–water partition coefficient (Wildman–Crippen LogP) is 1.72. The molecule has 12 heteroatoms. The number of rotatable bonds is 10. The van der Waals surface area contributed by atoms with E-state index in [2.05, 4.69) is 20.2 Å². The van der Waals surface area contributed by atoms with E-state index in [4.69, 9.17) is 4.74 Å². The quantitative estimate of drug-likeness (QED) is 0.342. The summed E-state index contributed by atoms with van der Waals surface area (Å²) < 4.78 is 44.8. The average molecular weight is 421 g/mol. The lowest BCUT2D eigenvalue weighted by atomic mass is 10.4. The minimum atomic E-state index is -3.79. The van der Waals surface area contributed by atoms with Crippen LogP contribution in [0, 0.1) is 5.82 Å². The summed E-state index contributed by atoms with van der Waals surface area (Å²) in [7, 11) is -2.18. The van der Waals surface area contributed by atoms with Crippen LogP contribution in [0.25, 0.3) is 0 Å². The number of methoxy groups -OCH3 is 1. The highest BCUT2D eigenvalue weighted by Crippen LogP contribution is 2.25. The van der Waals surface area contributed by atoms with Gasteiger partial charge in [0.25, 0.3) is 0 Å². The maximum Gasteiger partial charge on any atom is 0.240 e. The number of amides is 1. The Morgan fingerprint density at radius 3 is 2.73 bits per heavy atom. The van der Waals surface area contributed by atoms with Gasteiger partial charge in [0.1, 0.15) is 5.82 Å². The van der Waals surface area contributed by atoms with Crippen molar-refractivity contribution in [1.29, 1.82) is 0 Å². The van der Waals surface area contributed by atoms with E-state index in [-0.39, 0.29) is 17.9 Å². The first-order chi connectivity index (χ1) is 12.4. The molecule has 2 aromatic rings. The van der Waals surface area contributed by atoms with Gasteiger partial charge in [0.05, 0.1) is 11.5 Å². The normalized spacial score (nSPS) is 11.5. The molecule has 0 aliphatic rings. The molecule has 1 heterocycles. The summed E-state index contributed by atoms with van der Waals surface area (Å²) in [5, 5.41) is 10.7. The van der Waals surface area contributed by atoms with Crippen LogP contribution < -0.4 is 10.0 Å². The second-order valence-corrected chi connectivity index (χ2v) is 8.95. The SMILES string of the molecule is COCCSc1nnc(NC(=O)CCNS(=O)(=O)c2ccc(F)cc2)s1. The number of anilines is 1. The van der Waals surface area contributed by atoms with E-state index < -0.39 is 21.7 Å². The number of carbonyl (C=O) groups is 1. The molecule has 1 amide bonds. The van der Waals surface area contributed by atoms with Gasteiger partial charge in [-0.15, -0.1) is 10.2 Å². The van der Waals surface area contributed by atoms with Crippen LogP contribution in [0.15, 0.2) is 33.5 Å². The van der Waals surface area contributed by atoms with E-state index in [9.17, 15) is 17.6 Å². The Labute approximate surface area is 158 Å². The van der Waals surface area contributed by atoms with Crippen LogP contribution in [0.1, 0.15) is 6.42 Å². The number of nitrogens with zero attached hydrogens (tertiary/aromatic N) is 2. The number of ether oxygens (including phenoxy) is 1. The average Bonchev–Trinajstić information content (AvgIpc) is 3.02. The molecule has 0 radical (unpaired) electrons. The van der Waals surface area contributed by atoms with Gasteiger partial charge in [-0.3, -0.25) is 4.79 Å². The van der Waals surface area contributed by atoms with E-state index in [0.717, 1.165) is 30.0 Å². The van der Waals surface area contributed by atoms with Gasteiger partial charge in [-0.05, 0) is 24.3 Å². The Balaban J connectivity index is 1.77. The summed E-state index contributed by atoms with van der Waals surface area (Å²) in [5.41, 5.74) is 0. The maximum atomic E-state index is 12.8. The second-order valence-electron chi connectivity index (χ2n) is 4.86. The van der Waals surface area contributed by atoms with Crippen LogP contribution in [0.2, 0.25) is 0 Å². The standard InChI is InChI=1S/C14H17FN4O4S3/c1-23-8-9-24-14-19-18-13(25-14)17-12(20)6-7-16-26(21,22)11-4-2-10(15)3-5-11/h2-5,16H,6-9H2,1H3,(H,17,18,20). The van der Waals surface area contributed by atoms with Gasteiger partial charge in [-0.25, -0.2) is 17.5 Å². The predicted molar refractivity (Wildman–Crippen MR) is 97.3 cm³/mol. The fourth-order valence-electron chi connectivity index (χ4n) is 1.71.